The summed E-state index contributed by atoms with van der Waals surface area (Å²) in [6.45, 7) is 0. The van der Waals surface area contributed by atoms with E-state index in [4.69, 9.17) is 5.73 Å². The Hall–Kier alpha value is -1.95. The number of nitrogen functional groups attached to an aromatic ring is 1. The number of nitrogens with two attached hydrogens (primary N) is 1. The Morgan fingerprint density at radius 3 is 3.07 bits per heavy atom. The van der Waals surface area contributed by atoms with Gasteiger partial charge in [-0.05, 0) is 11.4 Å². The van der Waals surface area contributed by atoms with Crippen LogP contribution >= 0.6 is 11.3 Å². The second-order valence-electron chi connectivity index (χ2n) is 3.04. The standard InChI is InChI=1S/C9H7N5S/c10-9-13-6(5-1-2-15-3-5)7-8(14-9)12-4-11-7/h1-4H,(H3,10,11,12,13,14). The summed E-state index contributed by atoms with van der Waals surface area (Å²) < 4.78 is 0. The van der Waals surface area contributed by atoms with Crippen molar-refractivity contribution in [1.29, 1.82) is 0 Å². The van der Waals surface area contributed by atoms with Crippen molar-refractivity contribution in [2.45, 2.75) is 0 Å². The largest absolute Gasteiger partial charge is 0.368 e. The molecule has 3 rings (SSSR count). The van der Waals surface area contributed by atoms with Crippen LogP contribution in [0.25, 0.3) is 22.4 Å². The lowest BCUT2D eigenvalue weighted by Gasteiger charge is -1.99. The lowest BCUT2D eigenvalue weighted by Crippen LogP contribution is -1.97. The quantitative estimate of drug-likeness (QED) is 0.649. The molecule has 0 aliphatic heterocycles. The topological polar surface area (TPSA) is 80.5 Å². The summed E-state index contributed by atoms with van der Waals surface area (Å²) in [5.74, 6) is 0.246. The number of rotatable bonds is 1. The van der Waals surface area contributed by atoms with Gasteiger partial charge in [-0.3, -0.25) is 0 Å². The van der Waals surface area contributed by atoms with Crippen LogP contribution < -0.4 is 5.73 Å². The summed E-state index contributed by atoms with van der Waals surface area (Å²) in [7, 11) is 0. The van der Waals surface area contributed by atoms with E-state index in [-0.39, 0.29) is 5.95 Å². The second-order valence-corrected chi connectivity index (χ2v) is 3.82. The molecule has 0 saturated heterocycles. The summed E-state index contributed by atoms with van der Waals surface area (Å²) in [6, 6.07) is 1.99. The highest BCUT2D eigenvalue weighted by Gasteiger charge is 2.10. The Balaban J connectivity index is 2.38. The fourth-order valence-corrected chi connectivity index (χ4v) is 2.10. The van der Waals surface area contributed by atoms with E-state index < -0.39 is 0 Å². The molecular formula is C9H7N5S. The van der Waals surface area contributed by atoms with Crippen molar-refractivity contribution in [3.05, 3.63) is 23.2 Å². The molecule has 6 heteroatoms. The Labute approximate surface area is 89.0 Å². The maximum atomic E-state index is 5.62. The Morgan fingerprint density at radius 2 is 2.27 bits per heavy atom. The highest BCUT2D eigenvalue weighted by Crippen LogP contribution is 2.25. The molecule has 0 spiro atoms. The molecule has 0 fully saturated rings. The van der Waals surface area contributed by atoms with Gasteiger partial charge in [-0.2, -0.15) is 16.3 Å². The summed E-state index contributed by atoms with van der Waals surface area (Å²) >= 11 is 1.62. The maximum Gasteiger partial charge on any atom is 0.222 e. The summed E-state index contributed by atoms with van der Waals surface area (Å²) in [6.07, 6.45) is 1.59. The fraction of sp³-hybridized carbons (Fsp3) is 0. The van der Waals surface area contributed by atoms with Gasteiger partial charge in [-0.15, -0.1) is 0 Å². The number of H-pyrrole nitrogens is 1. The summed E-state index contributed by atoms with van der Waals surface area (Å²) in [5, 5.41) is 4.01. The first-order valence-corrected chi connectivity index (χ1v) is 5.28. The van der Waals surface area contributed by atoms with E-state index in [0.29, 0.717) is 5.65 Å². The number of aromatic amines is 1. The number of nitrogens with zero attached hydrogens (tertiary/aromatic N) is 3. The van der Waals surface area contributed by atoms with Gasteiger partial charge in [0.15, 0.2) is 5.65 Å². The molecule has 0 bridgehead atoms. The first-order chi connectivity index (χ1) is 7.34. The van der Waals surface area contributed by atoms with Gasteiger partial charge in [-0.25, -0.2) is 9.97 Å². The van der Waals surface area contributed by atoms with Crippen LogP contribution in [-0.4, -0.2) is 19.9 Å². The lowest BCUT2D eigenvalue weighted by molar-refractivity contribution is 1.22. The third-order valence-electron chi connectivity index (χ3n) is 2.10. The Kier molecular flexibility index (Phi) is 1.69. The number of hydrogen-bond donors (Lipinski definition) is 2. The normalized spacial score (nSPS) is 10.9. The molecule has 5 nitrogen and oxygen atoms in total. The summed E-state index contributed by atoms with van der Waals surface area (Å²) in [4.78, 5) is 15.3. The van der Waals surface area contributed by atoms with Crippen LogP contribution in [0.3, 0.4) is 0 Å². The smallest absolute Gasteiger partial charge is 0.222 e. The number of fused-ring (bicyclic) bond motifs is 1. The number of aromatic nitrogens is 4. The van der Waals surface area contributed by atoms with Gasteiger partial charge in [0.25, 0.3) is 0 Å². The molecule has 0 aliphatic rings. The van der Waals surface area contributed by atoms with Crippen molar-refractivity contribution in [1.82, 2.24) is 19.9 Å². The average Bonchev–Trinajstić information content (AvgIpc) is 2.86. The van der Waals surface area contributed by atoms with Gasteiger partial charge in [0.05, 0.1) is 6.33 Å². The van der Waals surface area contributed by atoms with Crippen molar-refractivity contribution in [3.8, 4) is 11.3 Å². The van der Waals surface area contributed by atoms with Crippen LogP contribution in [0.2, 0.25) is 0 Å². The van der Waals surface area contributed by atoms with Crippen LogP contribution in [0.4, 0.5) is 5.95 Å². The number of hydrogen-bond acceptors (Lipinski definition) is 5. The molecule has 0 saturated carbocycles. The van der Waals surface area contributed by atoms with E-state index in [1.54, 1.807) is 17.7 Å². The van der Waals surface area contributed by atoms with Gasteiger partial charge in [-0.1, -0.05) is 0 Å². The van der Waals surface area contributed by atoms with Crippen LogP contribution in [0, 0.1) is 0 Å². The molecule has 3 heterocycles. The van der Waals surface area contributed by atoms with Crippen molar-refractivity contribution in [2.75, 3.05) is 5.73 Å². The lowest BCUT2D eigenvalue weighted by atomic mass is 10.2. The monoisotopic (exact) mass is 217 g/mol. The molecule has 0 atom stereocenters. The fourth-order valence-electron chi connectivity index (χ4n) is 1.46. The van der Waals surface area contributed by atoms with E-state index in [1.165, 1.54) is 0 Å². The molecule has 3 aromatic heterocycles. The molecule has 15 heavy (non-hydrogen) atoms. The molecule has 0 amide bonds. The molecule has 3 N–H and O–H groups in total. The SMILES string of the molecule is Nc1nc(-c2ccsc2)c2[nH]cnc2n1. The minimum absolute atomic E-state index is 0.246. The third-order valence-corrected chi connectivity index (χ3v) is 2.78. The van der Waals surface area contributed by atoms with E-state index in [2.05, 4.69) is 19.9 Å². The molecule has 3 aromatic rings. The van der Waals surface area contributed by atoms with Gasteiger partial charge in [0.1, 0.15) is 11.2 Å². The third kappa shape index (κ3) is 1.26. The minimum Gasteiger partial charge on any atom is -0.368 e. The van der Waals surface area contributed by atoms with Crippen molar-refractivity contribution >= 4 is 28.4 Å². The zero-order valence-corrected chi connectivity index (χ0v) is 8.45. The number of thiophene rings is 1. The van der Waals surface area contributed by atoms with Gasteiger partial charge in [0.2, 0.25) is 5.95 Å². The Morgan fingerprint density at radius 1 is 1.33 bits per heavy atom. The van der Waals surface area contributed by atoms with E-state index in [9.17, 15) is 0 Å². The predicted molar refractivity (Wildman–Crippen MR) is 59.4 cm³/mol. The Bertz CT molecular complexity index is 598. The number of nitrogens with one attached hydrogen (secondary N) is 1. The summed E-state index contributed by atoms with van der Waals surface area (Å²) in [5.41, 5.74) is 8.87. The molecule has 0 radical (unpaired) electrons. The molecule has 0 aliphatic carbocycles. The van der Waals surface area contributed by atoms with Crippen molar-refractivity contribution in [2.24, 2.45) is 0 Å². The zero-order chi connectivity index (χ0) is 10.3. The average molecular weight is 217 g/mol. The van der Waals surface area contributed by atoms with Crippen LogP contribution in [-0.2, 0) is 0 Å². The van der Waals surface area contributed by atoms with E-state index in [1.807, 2.05) is 16.8 Å². The molecule has 0 aromatic carbocycles. The number of anilines is 1. The van der Waals surface area contributed by atoms with E-state index in [0.717, 1.165) is 16.8 Å². The highest BCUT2D eigenvalue weighted by molar-refractivity contribution is 7.08. The predicted octanol–water partition coefficient (Wildman–Crippen LogP) is 1.66. The molecular weight excluding hydrogens is 210 g/mol. The van der Waals surface area contributed by atoms with Gasteiger partial charge >= 0.3 is 0 Å². The first kappa shape index (κ1) is 8.37. The van der Waals surface area contributed by atoms with Gasteiger partial charge in [0, 0.05) is 10.9 Å². The number of imidazole rings is 1. The molecule has 74 valence electrons. The van der Waals surface area contributed by atoms with Crippen molar-refractivity contribution < 1.29 is 0 Å². The molecule has 0 unspecified atom stereocenters. The minimum atomic E-state index is 0.246. The van der Waals surface area contributed by atoms with Crippen molar-refractivity contribution in [3.63, 3.8) is 0 Å². The highest BCUT2D eigenvalue weighted by atomic mass is 32.1. The van der Waals surface area contributed by atoms with Crippen LogP contribution in [0.5, 0.6) is 0 Å². The van der Waals surface area contributed by atoms with Crippen LogP contribution in [0.15, 0.2) is 23.2 Å². The zero-order valence-electron chi connectivity index (χ0n) is 7.64. The van der Waals surface area contributed by atoms with Crippen LogP contribution in [0.1, 0.15) is 0 Å². The first-order valence-electron chi connectivity index (χ1n) is 4.34. The van der Waals surface area contributed by atoms with E-state index >= 15 is 0 Å². The second kappa shape index (κ2) is 3.03. The maximum absolute atomic E-state index is 5.62. The van der Waals surface area contributed by atoms with Gasteiger partial charge < -0.3 is 10.7 Å².